The number of hydrogen-bond acceptors (Lipinski definition) is 5. The van der Waals surface area contributed by atoms with Crippen LogP contribution in [0, 0.1) is 13.8 Å². The lowest BCUT2D eigenvalue weighted by molar-refractivity contribution is 0.577. The van der Waals surface area contributed by atoms with Gasteiger partial charge in [0.25, 0.3) is 5.56 Å². The van der Waals surface area contributed by atoms with Gasteiger partial charge in [0.2, 0.25) is 0 Å². The van der Waals surface area contributed by atoms with Gasteiger partial charge in [0.1, 0.15) is 6.04 Å². The summed E-state index contributed by atoms with van der Waals surface area (Å²) in [6, 6.07) is 24.3. The Morgan fingerprint density at radius 2 is 1.80 bits per heavy atom. The quantitative estimate of drug-likeness (QED) is 0.421. The van der Waals surface area contributed by atoms with Gasteiger partial charge in [0.15, 0.2) is 5.82 Å². The number of H-pyrrole nitrogens is 1. The van der Waals surface area contributed by atoms with Crippen LogP contribution < -0.4 is 10.5 Å². The SMILES string of the molecule is Cc1cc(C)c2[nH]c(=O)c(C(c3nnnn3Cc3ccccc3)N3CCc4ccccc43)cc2c1. The van der Waals surface area contributed by atoms with Crippen molar-refractivity contribution in [2.24, 2.45) is 0 Å². The number of aryl methyl sites for hydroxylation is 2. The van der Waals surface area contributed by atoms with Gasteiger partial charge >= 0.3 is 0 Å². The summed E-state index contributed by atoms with van der Waals surface area (Å²) >= 11 is 0. The summed E-state index contributed by atoms with van der Waals surface area (Å²) in [7, 11) is 0. The molecule has 2 aromatic heterocycles. The molecule has 0 saturated heterocycles. The lowest BCUT2D eigenvalue weighted by Gasteiger charge is -2.29. The van der Waals surface area contributed by atoms with Crippen LogP contribution in [-0.2, 0) is 13.0 Å². The number of anilines is 1. The average molecular weight is 463 g/mol. The van der Waals surface area contributed by atoms with E-state index in [2.05, 4.69) is 74.8 Å². The molecule has 5 aromatic rings. The second-order valence-corrected chi connectivity index (χ2v) is 9.25. The van der Waals surface area contributed by atoms with E-state index in [1.54, 1.807) is 0 Å². The average Bonchev–Trinajstić information content (AvgIpc) is 3.49. The Kier molecular flexibility index (Phi) is 5.17. The molecule has 1 unspecified atom stereocenters. The Morgan fingerprint density at radius 1 is 1.00 bits per heavy atom. The molecule has 0 fully saturated rings. The molecule has 0 radical (unpaired) electrons. The van der Waals surface area contributed by atoms with Gasteiger partial charge in [-0.25, -0.2) is 4.68 Å². The van der Waals surface area contributed by atoms with E-state index in [1.165, 1.54) is 5.56 Å². The molecule has 0 aliphatic carbocycles. The van der Waals surface area contributed by atoms with E-state index < -0.39 is 6.04 Å². The molecule has 0 bridgehead atoms. The second kappa shape index (κ2) is 8.51. The van der Waals surface area contributed by atoms with Gasteiger partial charge in [-0.2, -0.15) is 0 Å². The third-order valence-electron chi connectivity index (χ3n) is 6.83. The fraction of sp³-hybridized carbons (Fsp3) is 0.214. The summed E-state index contributed by atoms with van der Waals surface area (Å²) in [5.41, 5.74) is 7.09. The highest BCUT2D eigenvalue weighted by atomic mass is 16.1. The first-order chi connectivity index (χ1) is 17.1. The molecule has 1 atom stereocenters. The number of hydrogen-bond donors (Lipinski definition) is 1. The molecule has 0 amide bonds. The minimum absolute atomic E-state index is 0.118. The Balaban J connectivity index is 1.55. The predicted molar refractivity (Wildman–Crippen MR) is 137 cm³/mol. The molecule has 174 valence electrons. The third kappa shape index (κ3) is 3.79. The van der Waals surface area contributed by atoms with Gasteiger partial charge in [-0.05, 0) is 71.0 Å². The van der Waals surface area contributed by atoms with E-state index in [-0.39, 0.29) is 5.56 Å². The fourth-order valence-electron chi connectivity index (χ4n) is 5.26. The van der Waals surface area contributed by atoms with E-state index in [1.807, 2.05) is 41.9 Å². The highest BCUT2D eigenvalue weighted by Gasteiger charge is 2.34. The molecule has 6 rings (SSSR count). The van der Waals surface area contributed by atoms with Gasteiger partial charge in [-0.1, -0.05) is 60.2 Å². The van der Waals surface area contributed by atoms with Crippen LogP contribution in [0.2, 0.25) is 0 Å². The van der Waals surface area contributed by atoms with E-state index >= 15 is 0 Å². The first-order valence-corrected chi connectivity index (χ1v) is 11.9. The Morgan fingerprint density at radius 3 is 2.66 bits per heavy atom. The van der Waals surface area contributed by atoms with Crippen molar-refractivity contribution in [1.82, 2.24) is 25.2 Å². The first-order valence-electron chi connectivity index (χ1n) is 11.9. The summed E-state index contributed by atoms with van der Waals surface area (Å²) in [5, 5.41) is 13.8. The molecule has 1 N–H and O–H groups in total. The molecule has 0 saturated carbocycles. The zero-order chi connectivity index (χ0) is 23.9. The highest BCUT2D eigenvalue weighted by Crippen LogP contribution is 2.37. The molecule has 3 aromatic carbocycles. The van der Waals surface area contributed by atoms with Gasteiger partial charge in [0, 0.05) is 17.8 Å². The monoisotopic (exact) mass is 462 g/mol. The zero-order valence-electron chi connectivity index (χ0n) is 19.8. The van der Waals surface area contributed by atoms with Crippen molar-refractivity contribution < 1.29 is 0 Å². The van der Waals surface area contributed by atoms with Crippen molar-refractivity contribution in [2.45, 2.75) is 32.9 Å². The summed E-state index contributed by atoms with van der Waals surface area (Å²) in [6.07, 6.45) is 0.913. The van der Waals surface area contributed by atoms with Crippen LogP contribution in [0.1, 0.15) is 39.7 Å². The molecule has 1 aliphatic heterocycles. The molecule has 7 heteroatoms. The Labute approximate surface area is 203 Å². The summed E-state index contributed by atoms with van der Waals surface area (Å²) in [5.74, 6) is 0.653. The number of nitrogens with one attached hydrogen (secondary N) is 1. The maximum absolute atomic E-state index is 13.6. The van der Waals surface area contributed by atoms with Crippen LogP contribution in [0.15, 0.2) is 77.6 Å². The summed E-state index contributed by atoms with van der Waals surface area (Å²) in [4.78, 5) is 19.0. The molecule has 3 heterocycles. The summed E-state index contributed by atoms with van der Waals surface area (Å²) in [6.45, 7) is 5.41. The standard InChI is InChI=1S/C28H26N6O/c1-18-14-19(2)25-22(15-18)16-23(28(35)29-25)26(33-13-12-21-10-6-7-11-24(21)33)27-30-31-32-34(27)17-20-8-4-3-5-9-20/h3-11,14-16,26H,12-13,17H2,1-2H3,(H,29,35). The van der Waals surface area contributed by atoms with Crippen molar-refractivity contribution in [1.29, 1.82) is 0 Å². The molecule has 0 spiro atoms. The Bertz CT molecular complexity index is 1590. The van der Waals surface area contributed by atoms with E-state index in [9.17, 15) is 4.79 Å². The van der Waals surface area contributed by atoms with Gasteiger partial charge in [-0.15, -0.1) is 5.10 Å². The van der Waals surface area contributed by atoms with Gasteiger partial charge in [0.05, 0.1) is 12.1 Å². The lowest BCUT2D eigenvalue weighted by atomic mass is 10.0. The van der Waals surface area contributed by atoms with Crippen LogP contribution in [0.5, 0.6) is 0 Å². The smallest absolute Gasteiger partial charge is 0.254 e. The van der Waals surface area contributed by atoms with Crippen LogP contribution in [-0.4, -0.2) is 31.7 Å². The molecule has 7 nitrogen and oxygen atoms in total. The normalized spacial score (nSPS) is 13.8. The van der Waals surface area contributed by atoms with Crippen LogP contribution in [0.3, 0.4) is 0 Å². The van der Waals surface area contributed by atoms with E-state index in [0.29, 0.717) is 17.9 Å². The number of fused-ring (bicyclic) bond motifs is 2. The highest BCUT2D eigenvalue weighted by molar-refractivity contribution is 5.83. The number of nitrogens with zero attached hydrogens (tertiary/aromatic N) is 5. The van der Waals surface area contributed by atoms with Crippen molar-refractivity contribution >= 4 is 16.6 Å². The molecular formula is C28H26N6O. The maximum Gasteiger partial charge on any atom is 0.254 e. The number of aromatic amines is 1. The summed E-state index contributed by atoms with van der Waals surface area (Å²) < 4.78 is 1.81. The van der Waals surface area contributed by atoms with Crippen LogP contribution >= 0.6 is 0 Å². The number of para-hydroxylation sites is 1. The molecule has 35 heavy (non-hydrogen) atoms. The van der Waals surface area contributed by atoms with Crippen LogP contribution in [0.4, 0.5) is 5.69 Å². The predicted octanol–water partition coefficient (Wildman–Crippen LogP) is 4.33. The largest absolute Gasteiger partial charge is 0.357 e. The molecule has 1 aliphatic rings. The van der Waals surface area contributed by atoms with Crippen molar-refractivity contribution in [3.63, 3.8) is 0 Å². The number of tetrazole rings is 1. The lowest BCUT2D eigenvalue weighted by Crippen LogP contribution is -2.34. The van der Waals surface area contributed by atoms with Crippen molar-refractivity contribution in [2.75, 3.05) is 11.4 Å². The van der Waals surface area contributed by atoms with E-state index in [4.69, 9.17) is 0 Å². The topological polar surface area (TPSA) is 79.7 Å². The minimum atomic E-state index is -0.425. The Hall–Kier alpha value is -4.26. The first kappa shape index (κ1) is 21.3. The third-order valence-corrected chi connectivity index (χ3v) is 6.83. The number of rotatable bonds is 5. The van der Waals surface area contributed by atoms with Crippen molar-refractivity contribution in [3.05, 3.63) is 117 Å². The van der Waals surface area contributed by atoms with Gasteiger partial charge < -0.3 is 9.88 Å². The van der Waals surface area contributed by atoms with Crippen molar-refractivity contribution in [3.8, 4) is 0 Å². The van der Waals surface area contributed by atoms with E-state index in [0.717, 1.165) is 46.2 Å². The fourth-order valence-corrected chi connectivity index (χ4v) is 5.26. The second-order valence-electron chi connectivity index (χ2n) is 9.25. The number of aromatic nitrogens is 5. The number of benzene rings is 3. The minimum Gasteiger partial charge on any atom is -0.357 e. The number of pyridine rings is 1. The zero-order valence-corrected chi connectivity index (χ0v) is 19.8. The molecular weight excluding hydrogens is 436 g/mol. The van der Waals surface area contributed by atoms with Crippen LogP contribution in [0.25, 0.3) is 10.9 Å². The van der Waals surface area contributed by atoms with Gasteiger partial charge in [-0.3, -0.25) is 4.79 Å². The maximum atomic E-state index is 13.6.